The maximum atomic E-state index is 11.3. The lowest BCUT2D eigenvalue weighted by Gasteiger charge is -2.37. The van der Waals surface area contributed by atoms with Gasteiger partial charge in [-0.3, -0.25) is 9.69 Å². The minimum absolute atomic E-state index is 0.0356. The van der Waals surface area contributed by atoms with Gasteiger partial charge >= 0.3 is 5.97 Å². The monoisotopic (exact) mass is 375 g/mol. The fourth-order valence-electron chi connectivity index (χ4n) is 3.66. The summed E-state index contributed by atoms with van der Waals surface area (Å²) >= 11 is 1.73. The molecular weight excluding hydrogens is 350 g/mol. The zero-order valence-electron chi connectivity index (χ0n) is 15.4. The zero-order valence-corrected chi connectivity index (χ0v) is 16.2. The Morgan fingerprint density at radius 3 is 2.54 bits per heavy atom. The molecule has 6 heteroatoms. The van der Waals surface area contributed by atoms with Gasteiger partial charge < -0.3 is 14.6 Å². The van der Waals surface area contributed by atoms with E-state index < -0.39 is 5.97 Å². The Morgan fingerprint density at radius 1 is 1.27 bits per heavy atom. The molecule has 1 fully saturated rings. The van der Waals surface area contributed by atoms with Crippen LogP contribution in [0.15, 0.2) is 29.6 Å². The van der Waals surface area contributed by atoms with E-state index in [-0.39, 0.29) is 12.0 Å². The molecule has 1 aliphatic heterocycles. The quantitative estimate of drug-likeness (QED) is 0.828. The molecule has 0 radical (unpaired) electrons. The highest BCUT2D eigenvalue weighted by Crippen LogP contribution is 2.42. The summed E-state index contributed by atoms with van der Waals surface area (Å²) in [5.41, 5.74) is 2.29. The average molecular weight is 375 g/mol. The number of rotatable bonds is 6. The van der Waals surface area contributed by atoms with Gasteiger partial charge in [0, 0.05) is 10.4 Å². The Hall–Kier alpha value is -2.05. The summed E-state index contributed by atoms with van der Waals surface area (Å²) in [4.78, 5) is 14.9. The average Bonchev–Trinajstić information content (AvgIpc) is 3.08. The van der Waals surface area contributed by atoms with Gasteiger partial charge in [-0.25, -0.2) is 0 Å². The highest BCUT2D eigenvalue weighted by molar-refractivity contribution is 7.10. The van der Waals surface area contributed by atoms with Crippen LogP contribution in [0.1, 0.15) is 34.9 Å². The van der Waals surface area contributed by atoms with E-state index in [1.54, 1.807) is 25.6 Å². The van der Waals surface area contributed by atoms with Crippen LogP contribution < -0.4 is 9.47 Å². The minimum Gasteiger partial charge on any atom is -0.493 e. The zero-order chi connectivity index (χ0) is 18.7. The predicted octanol–water partition coefficient (Wildman–Crippen LogP) is 3.96. The number of aryl methyl sites for hydroxylation is 1. The van der Waals surface area contributed by atoms with Crippen molar-refractivity contribution in [2.24, 2.45) is 5.92 Å². The molecule has 1 aromatic carbocycles. The van der Waals surface area contributed by atoms with Gasteiger partial charge in [-0.05, 0) is 55.9 Å². The SMILES string of the molecule is COc1cccc(C(c2cc(C)cs2)N2CCC(C(=O)O)CC2)c1OC. The fraction of sp³-hybridized carbons (Fsp3) is 0.450. The third-order valence-corrected chi connectivity index (χ3v) is 6.10. The molecule has 1 aromatic heterocycles. The van der Waals surface area contributed by atoms with Crippen molar-refractivity contribution in [1.82, 2.24) is 4.90 Å². The Balaban J connectivity index is 1.99. The number of aliphatic carboxylic acids is 1. The number of piperidine rings is 1. The van der Waals surface area contributed by atoms with E-state index in [4.69, 9.17) is 9.47 Å². The van der Waals surface area contributed by atoms with Gasteiger partial charge in [0.15, 0.2) is 11.5 Å². The number of methoxy groups -OCH3 is 2. The van der Waals surface area contributed by atoms with Crippen LogP contribution in [0, 0.1) is 12.8 Å². The number of ether oxygens (including phenoxy) is 2. The second-order valence-electron chi connectivity index (χ2n) is 6.66. The summed E-state index contributed by atoms with van der Waals surface area (Å²) in [7, 11) is 3.30. The van der Waals surface area contributed by atoms with Crippen molar-refractivity contribution >= 4 is 17.3 Å². The third-order valence-electron chi connectivity index (χ3n) is 4.99. The van der Waals surface area contributed by atoms with Crippen LogP contribution >= 0.6 is 11.3 Å². The van der Waals surface area contributed by atoms with Crippen molar-refractivity contribution in [3.05, 3.63) is 45.6 Å². The maximum Gasteiger partial charge on any atom is 0.306 e. The first-order chi connectivity index (χ1) is 12.5. The number of carboxylic acid groups (broad SMARTS) is 1. The number of thiophene rings is 1. The Bertz CT molecular complexity index is 765. The van der Waals surface area contributed by atoms with Crippen LogP contribution in [-0.4, -0.2) is 43.3 Å². The van der Waals surface area contributed by atoms with Crippen LogP contribution in [0.25, 0.3) is 0 Å². The van der Waals surface area contributed by atoms with Crippen molar-refractivity contribution in [1.29, 1.82) is 0 Å². The van der Waals surface area contributed by atoms with Gasteiger partial charge in [0.25, 0.3) is 0 Å². The highest BCUT2D eigenvalue weighted by atomic mass is 32.1. The van der Waals surface area contributed by atoms with Crippen molar-refractivity contribution < 1.29 is 19.4 Å². The van der Waals surface area contributed by atoms with Gasteiger partial charge in [-0.15, -0.1) is 11.3 Å². The van der Waals surface area contributed by atoms with Gasteiger partial charge in [0.05, 0.1) is 26.2 Å². The largest absolute Gasteiger partial charge is 0.493 e. The van der Waals surface area contributed by atoms with Gasteiger partial charge in [-0.1, -0.05) is 12.1 Å². The van der Waals surface area contributed by atoms with E-state index >= 15 is 0 Å². The molecule has 1 aliphatic rings. The lowest BCUT2D eigenvalue weighted by Crippen LogP contribution is -2.39. The first-order valence-corrected chi connectivity index (χ1v) is 9.66. The number of para-hydroxylation sites is 1. The van der Waals surface area contributed by atoms with Crippen LogP contribution in [0.2, 0.25) is 0 Å². The lowest BCUT2D eigenvalue weighted by molar-refractivity contribution is -0.143. The summed E-state index contributed by atoms with van der Waals surface area (Å²) in [6.45, 7) is 3.59. The van der Waals surface area contributed by atoms with Crippen molar-refractivity contribution in [2.75, 3.05) is 27.3 Å². The van der Waals surface area contributed by atoms with E-state index in [0.29, 0.717) is 18.6 Å². The molecule has 1 N–H and O–H groups in total. The van der Waals surface area contributed by atoms with Gasteiger partial charge in [0.1, 0.15) is 0 Å². The van der Waals surface area contributed by atoms with Crippen LogP contribution in [0.4, 0.5) is 0 Å². The number of hydrogen-bond acceptors (Lipinski definition) is 5. The number of nitrogens with zero attached hydrogens (tertiary/aromatic N) is 1. The van der Waals surface area contributed by atoms with Crippen molar-refractivity contribution in [2.45, 2.75) is 25.8 Å². The topological polar surface area (TPSA) is 59.0 Å². The summed E-state index contributed by atoms with van der Waals surface area (Å²) in [6.07, 6.45) is 1.34. The maximum absolute atomic E-state index is 11.3. The van der Waals surface area contributed by atoms with Crippen molar-refractivity contribution in [3.8, 4) is 11.5 Å². The summed E-state index contributed by atoms with van der Waals surface area (Å²) in [5.74, 6) is 0.520. The molecule has 0 bridgehead atoms. The van der Waals surface area contributed by atoms with Crippen LogP contribution in [-0.2, 0) is 4.79 Å². The summed E-state index contributed by atoms with van der Waals surface area (Å²) in [6, 6.07) is 8.19. The molecule has 0 amide bonds. The molecule has 1 atom stereocenters. The van der Waals surface area contributed by atoms with E-state index in [2.05, 4.69) is 29.3 Å². The van der Waals surface area contributed by atoms with E-state index in [0.717, 1.165) is 24.4 Å². The smallest absolute Gasteiger partial charge is 0.306 e. The standard InChI is InChI=1S/C20H25NO4S/c1-13-11-17(26-12-13)18(21-9-7-14(8-10-21)20(22)23)15-5-4-6-16(24-2)19(15)25-3/h4-6,11-12,14,18H,7-10H2,1-3H3,(H,22,23). The molecule has 1 unspecified atom stereocenters. The molecule has 5 nitrogen and oxygen atoms in total. The molecule has 2 aromatic rings. The molecule has 140 valence electrons. The lowest BCUT2D eigenvalue weighted by atomic mass is 9.93. The van der Waals surface area contributed by atoms with Crippen LogP contribution in [0.5, 0.6) is 11.5 Å². The van der Waals surface area contributed by atoms with Crippen molar-refractivity contribution in [3.63, 3.8) is 0 Å². The molecule has 3 rings (SSSR count). The second kappa shape index (κ2) is 8.10. The summed E-state index contributed by atoms with van der Waals surface area (Å²) < 4.78 is 11.2. The molecule has 1 saturated heterocycles. The molecule has 0 spiro atoms. The first kappa shape index (κ1) is 18.7. The molecule has 0 saturated carbocycles. The van der Waals surface area contributed by atoms with Gasteiger partial charge in [-0.2, -0.15) is 0 Å². The first-order valence-electron chi connectivity index (χ1n) is 8.78. The van der Waals surface area contributed by atoms with Gasteiger partial charge in [0.2, 0.25) is 0 Å². The third kappa shape index (κ3) is 3.71. The van der Waals surface area contributed by atoms with E-state index in [1.807, 2.05) is 12.1 Å². The molecule has 0 aliphatic carbocycles. The summed E-state index contributed by atoms with van der Waals surface area (Å²) in [5, 5.41) is 11.4. The van der Waals surface area contributed by atoms with E-state index in [9.17, 15) is 9.90 Å². The molecule has 26 heavy (non-hydrogen) atoms. The van der Waals surface area contributed by atoms with Crippen LogP contribution in [0.3, 0.4) is 0 Å². The molecular formula is C20H25NO4S. The highest BCUT2D eigenvalue weighted by Gasteiger charge is 2.32. The number of carboxylic acids is 1. The number of carbonyl (C=O) groups is 1. The van der Waals surface area contributed by atoms with E-state index in [1.165, 1.54) is 10.4 Å². The second-order valence-corrected chi connectivity index (χ2v) is 7.60. The normalized spacial score (nSPS) is 17.0. The minimum atomic E-state index is -0.688. The number of benzene rings is 1. The number of likely N-dealkylation sites (tertiary alicyclic amines) is 1. The molecule has 2 heterocycles. The Morgan fingerprint density at radius 2 is 2.00 bits per heavy atom. The predicted molar refractivity (Wildman–Crippen MR) is 102 cm³/mol. The Kier molecular flexibility index (Phi) is 5.84. The fourth-order valence-corrected chi connectivity index (χ4v) is 4.71. The number of hydrogen-bond donors (Lipinski definition) is 1. The Labute approximate surface area is 158 Å².